The molecule has 1 saturated carbocycles. The van der Waals surface area contributed by atoms with Gasteiger partial charge in [0, 0.05) is 0 Å². The molecule has 82 valence electrons. The lowest BCUT2D eigenvalue weighted by Crippen LogP contribution is -2.52. The minimum absolute atomic E-state index is 0.619. The van der Waals surface area contributed by atoms with Crippen LogP contribution < -0.4 is 5.32 Å². The summed E-state index contributed by atoms with van der Waals surface area (Å²) in [6, 6.07) is 0. The first-order valence-corrected chi connectivity index (χ1v) is 5.70. The number of carboxylic acid groups (broad SMARTS) is 1. The zero-order chi connectivity index (χ0) is 10.4. The van der Waals surface area contributed by atoms with E-state index in [4.69, 9.17) is 0 Å². The molecule has 0 amide bonds. The van der Waals surface area contributed by atoms with Crippen molar-refractivity contribution in [3.63, 3.8) is 0 Å². The minimum atomic E-state index is -0.659. The molecule has 1 fully saturated rings. The second-order valence-electron chi connectivity index (χ2n) is 4.23. The fourth-order valence-corrected chi connectivity index (χ4v) is 2.16. The highest BCUT2D eigenvalue weighted by atomic mass is 16.4. The average Bonchev–Trinajstić information content (AvgIpc) is 2.41. The maximum Gasteiger partial charge on any atom is 0.323 e. The third kappa shape index (κ3) is 2.71. The summed E-state index contributed by atoms with van der Waals surface area (Å²) in [6.45, 7) is 2.88. The lowest BCUT2D eigenvalue weighted by molar-refractivity contribution is -0.145. The number of nitrogens with one attached hydrogen (secondary N) is 1. The summed E-state index contributed by atoms with van der Waals surface area (Å²) in [7, 11) is 0. The predicted octanol–water partition coefficient (Wildman–Crippen LogP) is 2.16. The van der Waals surface area contributed by atoms with Crippen LogP contribution in [0.15, 0.2) is 0 Å². The van der Waals surface area contributed by atoms with Gasteiger partial charge in [-0.15, -0.1) is 0 Å². The number of hydrogen-bond acceptors (Lipinski definition) is 2. The summed E-state index contributed by atoms with van der Waals surface area (Å²) in [5.41, 5.74) is -0.619. The maximum absolute atomic E-state index is 11.3. The highest BCUT2D eigenvalue weighted by molar-refractivity contribution is 5.78. The Balaban J connectivity index is 2.62. The van der Waals surface area contributed by atoms with Crippen molar-refractivity contribution in [2.45, 2.75) is 57.4 Å². The first-order valence-electron chi connectivity index (χ1n) is 5.70. The van der Waals surface area contributed by atoms with Gasteiger partial charge in [-0.25, -0.2) is 0 Å². The van der Waals surface area contributed by atoms with Crippen molar-refractivity contribution in [1.29, 1.82) is 0 Å². The van der Waals surface area contributed by atoms with Gasteiger partial charge < -0.3 is 10.4 Å². The van der Waals surface area contributed by atoms with E-state index in [0.717, 1.165) is 38.6 Å². The Morgan fingerprint density at radius 1 is 1.29 bits per heavy atom. The Hall–Kier alpha value is -0.570. The zero-order valence-corrected chi connectivity index (χ0v) is 9.01. The van der Waals surface area contributed by atoms with Gasteiger partial charge in [0.05, 0.1) is 0 Å². The Bertz CT molecular complexity index is 184. The van der Waals surface area contributed by atoms with Crippen molar-refractivity contribution in [2.24, 2.45) is 0 Å². The molecular formula is C11H21NO2. The van der Waals surface area contributed by atoms with Crippen LogP contribution in [0.3, 0.4) is 0 Å². The van der Waals surface area contributed by atoms with Gasteiger partial charge in [0.2, 0.25) is 0 Å². The van der Waals surface area contributed by atoms with E-state index in [1.165, 1.54) is 12.8 Å². The molecular weight excluding hydrogens is 178 g/mol. The molecule has 0 atom stereocenters. The summed E-state index contributed by atoms with van der Waals surface area (Å²) >= 11 is 0. The molecule has 2 N–H and O–H groups in total. The van der Waals surface area contributed by atoms with Crippen LogP contribution in [0.1, 0.15) is 51.9 Å². The Kier molecular flexibility index (Phi) is 4.39. The first kappa shape index (κ1) is 11.5. The molecule has 14 heavy (non-hydrogen) atoms. The van der Waals surface area contributed by atoms with Crippen LogP contribution in [0.25, 0.3) is 0 Å². The van der Waals surface area contributed by atoms with E-state index in [1.807, 2.05) is 0 Å². The molecule has 0 aromatic rings. The van der Waals surface area contributed by atoms with E-state index in [1.54, 1.807) is 0 Å². The van der Waals surface area contributed by atoms with Gasteiger partial charge >= 0.3 is 5.97 Å². The van der Waals surface area contributed by atoms with Crippen molar-refractivity contribution in [3.8, 4) is 0 Å². The fraction of sp³-hybridized carbons (Fsp3) is 0.909. The maximum atomic E-state index is 11.3. The van der Waals surface area contributed by atoms with Crippen molar-refractivity contribution in [2.75, 3.05) is 6.54 Å². The molecule has 3 nitrogen and oxygen atoms in total. The van der Waals surface area contributed by atoms with E-state index in [9.17, 15) is 9.90 Å². The van der Waals surface area contributed by atoms with Crippen molar-refractivity contribution in [1.82, 2.24) is 5.32 Å². The predicted molar refractivity (Wildman–Crippen MR) is 56.4 cm³/mol. The largest absolute Gasteiger partial charge is 0.480 e. The van der Waals surface area contributed by atoms with Crippen LogP contribution in [0.4, 0.5) is 0 Å². The third-order valence-electron chi connectivity index (χ3n) is 3.08. The molecule has 3 heteroatoms. The van der Waals surface area contributed by atoms with E-state index >= 15 is 0 Å². The molecule has 0 unspecified atom stereocenters. The number of carbonyl (C=O) groups is 1. The molecule has 0 heterocycles. The lowest BCUT2D eigenvalue weighted by atomic mass is 9.90. The van der Waals surface area contributed by atoms with Crippen molar-refractivity contribution in [3.05, 3.63) is 0 Å². The molecule has 1 aliphatic rings. The van der Waals surface area contributed by atoms with E-state index in [0.29, 0.717) is 0 Å². The van der Waals surface area contributed by atoms with Crippen LogP contribution in [-0.4, -0.2) is 23.2 Å². The number of aliphatic carboxylic acids is 1. The molecule has 0 aliphatic heterocycles. The Labute approximate surface area is 85.9 Å². The van der Waals surface area contributed by atoms with Gasteiger partial charge in [0.1, 0.15) is 5.54 Å². The van der Waals surface area contributed by atoms with E-state index in [2.05, 4.69) is 12.2 Å². The smallest absolute Gasteiger partial charge is 0.323 e. The summed E-state index contributed by atoms with van der Waals surface area (Å²) in [4.78, 5) is 11.3. The SMILES string of the molecule is CCCNC1(C(=O)O)CCCCCC1. The van der Waals surface area contributed by atoms with Gasteiger partial charge in [-0.2, -0.15) is 0 Å². The minimum Gasteiger partial charge on any atom is -0.480 e. The number of rotatable bonds is 4. The molecule has 0 spiro atoms. The molecule has 0 aromatic carbocycles. The van der Waals surface area contributed by atoms with E-state index < -0.39 is 11.5 Å². The summed E-state index contributed by atoms with van der Waals surface area (Å²) in [5.74, 6) is -0.659. The fourth-order valence-electron chi connectivity index (χ4n) is 2.16. The summed E-state index contributed by atoms with van der Waals surface area (Å²) < 4.78 is 0. The van der Waals surface area contributed by atoms with Gasteiger partial charge in [-0.3, -0.25) is 4.79 Å². The van der Waals surface area contributed by atoms with Gasteiger partial charge in [0.15, 0.2) is 0 Å². The molecule has 0 bridgehead atoms. The molecule has 1 rings (SSSR count). The molecule has 0 radical (unpaired) electrons. The molecule has 0 saturated heterocycles. The Morgan fingerprint density at radius 3 is 2.29 bits per heavy atom. The zero-order valence-electron chi connectivity index (χ0n) is 9.01. The lowest BCUT2D eigenvalue weighted by Gasteiger charge is -2.29. The molecule has 0 aromatic heterocycles. The van der Waals surface area contributed by atoms with Crippen molar-refractivity contribution >= 4 is 5.97 Å². The second-order valence-corrected chi connectivity index (χ2v) is 4.23. The van der Waals surface area contributed by atoms with Crippen LogP contribution in [0.5, 0.6) is 0 Å². The van der Waals surface area contributed by atoms with Crippen LogP contribution in [0, 0.1) is 0 Å². The Morgan fingerprint density at radius 2 is 1.86 bits per heavy atom. The van der Waals surface area contributed by atoms with Gasteiger partial charge in [-0.1, -0.05) is 32.6 Å². The normalized spacial score (nSPS) is 21.5. The summed E-state index contributed by atoms with van der Waals surface area (Å²) in [5, 5.41) is 12.5. The topological polar surface area (TPSA) is 49.3 Å². The highest BCUT2D eigenvalue weighted by Crippen LogP contribution is 2.27. The number of hydrogen-bond donors (Lipinski definition) is 2. The standard InChI is InChI=1S/C11H21NO2/c1-2-9-12-11(10(13)14)7-5-3-4-6-8-11/h12H,2-9H2,1H3,(H,13,14). The first-order chi connectivity index (χ1) is 6.71. The highest BCUT2D eigenvalue weighted by Gasteiger charge is 2.37. The van der Waals surface area contributed by atoms with Gasteiger partial charge in [0.25, 0.3) is 0 Å². The third-order valence-corrected chi connectivity index (χ3v) is 3.08. The monoisotopic (exact) mass is 199 g/mol. The quantitative estimate of drug-likeness (QED) is 0.682. The van der Waals surface area contributed by atoms with Crippen LogP contribution in [0.2, 0.25) is 0 Å². The molecule has 1 aliphatic carbocycles. The summed E-state index contributed by atoms with van der Waals surface area (Å²) in [6.07, 6.45) is 7.04. The second kappa shape index (κ2) is 5.35. The average molecular weight is 199 g/mol. The number of carboxylic acids is 1. The van der Waals surface area contributed by atoms with Crippen LogP contribution >= 0.6 is 0 Å². The van der Waals surface area contributed by atoms with Gasteiger partial charge in [-0.05, 0) is 25.8 Å². The van der Waals surface area contributed by atoms with Crippen LogP contribution in [-0.2, 0) is 4.79 Å². The van der Waals surface area contributed by atoms with E-state index in [-0.39, 0.29) is 0 Å². The van der Waals surface area contributed by atoms with Crippen molar-refractivity contribution < 1.29 is 9.90 Å².